The van der Waals surface area contributed by atoms with Crippen LogP contribution in [0.25, 0.3) is 0 Å². The fourth-order valence-electron chi connectivity index (χ4n) is 1.98. The Morgan fingerprint density at radius 3 is 2.94 bits per heavy atom. The number of hydrogen-bond acceptors (Lipinski definition) is 3. The molecule has 1 fully saturated rings. The lowest BCUT2D eigenvalue weighted by Crippen LogP contribution is -2.39. The molecule has 0 radical (unpaired) electrons. The van der Waals surface area contributed by atoms with Crippen LogP contribution in [0, 0.1) is 5.92 Å². The zero-order valence-electron chi connectivity index (χ0n) is 9.56. The Morgan fingerprint density at radius 1 is 1.69 bits per heavy atom. The zero-order chi connectivity index (χ0) is 11.5. The predicted molar refractivity (Wildman–Crippen MR) is 66.2 cm³/mol. The predicted octanol–water partition coefficient (Wildman–Crippen LogP) is 2.01. The van der Waals surface area contributed by atoms with E-state index in [9.17, 15) is 4.79 Å². The van der Waals surface area contributed by atoms with Gasteiger partial charge in [0.1, 0.15) is 6.04 Å². The summed E-state index contributed by atoms with van der Waals surface area (Å²) in [6.45, 7) is 0.859. The second-order valence-electron chi connectivity index (χ2n) is 4.51. The van der Waals surface area contributed by atoms with Gasteiger partial charge >= 0.3 is 0 Å². The van der Waals surface area contributed by atoms with E-state index in [-0.39, 0.29) is 5.91 Å². The van der Waals surface area contributed by atoms with Gasteiger partial charge in [-0.2, -0.15) is 0 Å². The van der Waals surface area contributed by atoms with Gasteiger partial charge in [-0.15, -0.1) is 11.3 Å². The van der Waals surface area contributed by atoms with Gasteiger partial charge in [-0.3, -0.25) is 4.79 Å². The minimum Gasteiger partial charge on any atom is -0.344 e. The first-order valence-electron chi connectivity index (χ1n) is 5.72. The van der Waals surface area contributed by atoms with Crippen LogP contribution in [-0.2, 0) is 4.79 Å². The van der Waals surface area contributed by atoms with Gasteiger partial charge in [-0.05, 0) is 30.2 Å². The molecule has 88 valence electrons. The summed E-state index contributed by atoms with van der Waals surface area (Å²) in [5.41, 5.74) is 5.94. The number of thiophene rings is 1. The van der Waals surface area contributed by atoms with Crippen LogP contribution >= 0.6 is 11.3 Å². The van der Waals surface area contributed by atoms with Crippen molar-refractivity contribution in [2.75, 3.05) is 13.6 Å². The average Bonchev–Trinajstić information content (AvgIpc) is 2.74. The summed E-state index contributed by atoms with van der Waals surface area (Å²) in [7, 11) is 1.86. The van der Waals surface area contributed by atoms with Crippen LogP contribution in [-0.4, -0.2) is 24.4 Å². The quantitative estimate of drug-likeness (QED) is 0.872. The Kier molecular flexibility index (Phi) is 3.61. The first-order chi connectivity index (χ1) is 7.68. The second-order valence-corrected chi connectivity index (χ2v) is 5.49. The third kappa shape index (κ3) is 2.44. The molecule has 1 unspecified atom stereocenters. The Hall–Kier alpha value is -0.870. The van der Waals surface area contributed by atoms with Crippen molar-refractivity contribution in [3.8, 4) is 0 Å². The smallest absolute Gasteiger partial charge is 0.244 e. The first-order valence-corrected chi connectivity index (χ1v) is 6.60. The molecular weight excluding hydrogens is 220 g/mol. The maximum absolute atomic E-state index is 12.0. The van der Waals surface area contributed by atoms with Crippen molar-refractivity contribution < 1.29 is 4.79 Å². The van der Waals surface area contributed by atoms with Gasteiger partial charge in [0.25, 0.3) is 0 Å². The molecule has 0 saturated heterocycles. The standard InChI is InChI=1S/C12H18N2OS/c1-14(8-9-4-2-5-9)12(15)11(13)10-6-3-7-16-10/h3,6-7,9,11H,2,4-5,8,13H2,1H3. The minimum absolute atomic E-state index is 0.0364. The van der Waals surface area contributed by atoms with Gasteiger partial charge in [-0.1, -0.05) is 12.5 Å². The molecule has 0 aromatic carbocycles. The number of carbonyl (C=O) groups is 1. The summed E-state index contributed by atoms with van der Waals surface area (Å²) in [4.78, 5) is 14.8. The number of likely N-dealkylation sites (N-methyl/N-ethyl adjacent to an activating group) is 1. The summed E-state index contributed by atoms with van der Waals surface area (Å²) in [6, 6.07) is 3.37. The van der Waals surface area contributed by atoms with Crippen LogP contribution in [0.3, 0.4) is 0 Å². The van der Waals surface area contributed by atoms with Crippen LogP contribution in [0.15, 0.2) is 17.5 Å². The maximum Gasteiger partial charge on any atom is 0.244 e. The molecule has 1 saturated carbocycles. The molecule has 0 spiro atoms. The van der Waals surface area contributed by atoms with Crippen LogP contribution in [0.2, 0.25) is 0 Å². The highest BCUT2D eigenvalue weighted by Crippen LogP contribution is 2.27. The molecule has 1 aromatic rings. The fourth-order valence-corrected chi connectivity index (χ4v) is 2.70. The lowest BCUT2D eigenvalue weighted by atomic mass is 9.85. The molecule has 2 N–H and O–H groups in total. The highest BCUT2D eigenvalue weighted by Gasteiger charge is 2.25. The third-order valence-corrected chi connectivity index (χ3v) is 4.20. The summed E-state index contributed by atoms with van der Waals surface area (Å²) < 4.78 is 0. The molecule has 0 bridgehead atoms. The van der Waals surface area contributed by atoms with Crippen molar-refractivity contribution in [2.45, 2.75) is 25.3 Å². The monoisotopic (exact) mass is 238 g/mol. The van der Waals surface area contributed by atoms with E-state index >= 15 is 0 Å². The minimum atomic E-state index is -0.481. The molecule has 1 heterocycles. The molecule has 2 rings (SSSR count). The van der Waals surface area contributed by atoms with E-state index in [4.69, 9.17) is 5.73 Å². The number of hydrogen-bond donors (Lipinski definition) is 1. The number of amides is 1. The Morgan fingerprint density at radius 2 is 2.44 bits per heavy atom. The number of rotatable bonds is 4. The maximum atomic E-state index is 12.0. The van der Waals surface area contributed by atoms with Gasteiger partial charge in [0, 0.05) is 18.5 Å². The molecule has 0 aliphatic heterocycles. The van der Waals surface area contributed by atoms with E-state index < -0.39 is 6.04 Å². The van der Waals surface area contributed by atoms with E-state index in [1.165, 1.54) is 19.3 Å². The van der Waals surface area contributed by atoms with Crippen molar-refractivity contribution in [2.24, 2.45) is 11.7 Å². The molecular formula is C12H18N2OS. The van der Waals surface area contributed by atoms with Crippen LogP contribution < -0.4 is 5.73 Å². The van der Waals surface area contributed by atoms with Crippen molar-refractivity contribution in [1.82, 2.24) is 4.90 Å². The second kappa shape index (κ2) is 4.97. The van der Waals surface area contributed by atoms with E-state index in [1.54, 1.807) is 16.2 Å². The summed E-state index contributed by atoms with van der Waals surface area (Å²) >= 11 is 1.54. The van der Waals surface area contributed by atoms with Gasteiger partial charge in [0.15, 0.2) is 0 Å². The highest BCUT2D eigenvalue weighted by molar-refractivity contribution is 7.10. The summed E-state index contributed by atoms with van der Waals surface area (Å²) in [5.74, 6) is 0.735. The number of nitrogens with zero attached hydrogens (tertiary/aromatic N) is 1. The fraction of sp³-hybridized carbons (Fsp3) is 0.583. The van der Waals surface area contributed by atoms with Crippen LogP contribution in [0.4, 0.5) is 0 Å². The zero-order valence-corrected chi connectivity index (χ0v) is 10.4. The van der Waals surface area contributed by atoms with Gasteiger partial charge in [0.05, 0.1) is 0 Å². The third-order valence-electron chi connectivity index (χ3n) is 3.25. The van der Waals surface area contributed by atoms with E-state index in [1.807, 2.05) is 24.6 Å². The topological polar surface area (TPSA) is 46.3 Å². The van der Waals surface area contributed by atoms with Gasteiger partial charge < -0.3 is 10.6 Å². The molecule has 1 aromatic heterocycles. The van der Waals surface area contributed by atoms with Crippen LogP contribution in [0.1, 0.15) is 30.2 Å². The number of carbonyl (C=O) groups excluding carboxylic acids is 1. The SMILES string of the molecule is CN(CC1CCC1)C(=O)C(N)c1cccs1. The molecule has 4 heteroatoms. The summed E-state index contributed by atoms with van der Waals surface area (Å²) in [6.07, 6.45) is 3.82. The van der Waals surface area contributed by atoms with Crippen molar-refractivity contribution in [3.05, 3.63) is 22.4 Å². The van der Waals surface area contributed by atoms with Gasteiger partial charge in [0.2, 0.25) is 5.91 Å². The van der Waals surface area contributed by atoms with Crippen molar-refractivity contribution in [1.29, 1.82) is 0 Å². The Bertz CT molecular complexity index is 346. The van der Waals surface area contributed by atoms with E-state index in [2.05, 4.69) is 0 Å². The molecule has 3 nitrogen and oxygen atoms in total. The number of nitrogens with two attached hydrogens (primary N) is 1. The lowest BCUT2D eigenvalue weighted by Gasteiger charge is -2.31. The lowest BCUT2D eigenvalue weighted by molar-refractivity contribution is -0.132. The van der Waals surface area contributed by atoms with Gasteiger partial charge in [-0.25, -0.2) is 0 Å². The molecule has 1 aliphatic rings. The van der Waals surface area contributed by atoms with Crippen molar-refractivity contribution in [3.63, 3.8) is 0 Å². The van der Waals surface area contributed by atoms with Crippen molar-refractivity contribution >= 4 is 17.2 Å². The van der Waals surface area contributed by atoms with E-state index in [0.29, 0.717) is 5.92 Å². The first kappa shape index (κ1) is 11.6. The molecule has 1 aliphatic carbocycles. The molecule has 1 amide bonds. The molecule has 16 heavy (non-hydrogen) atoms. The van der Waals surface area contributed by atoms with E-state index in [0.717, 1.165) is 11.4 Å². The molecule has 1 atom stereocenters. The largest absolute Gasteiger partial charge is 0.344 e. The highest BCUT2D eigenvalue weighted by atomic mass is 32.1. The van der Waals surface area contributed by atoms with Crippen LogP contribution in [0.5, 0.6) is 0 Å². The summed E-state index contributed by atoms with van der Waals surface area (Å²) in [5, 5.41) is 1.95. The Balaban J connectivity index is 1.90. The normalized spacial score (nSPS) is 17.9. The Labute approximate surface area is 100 Å². The average molecular weight is 238 g/mol.